The third-order valence-corrected chi connectivity index (χ3v) is 4.46. The second-order valence-electron chi connectivity index (χ2n) is 5.94. The first-order chi connectivity index (χ1) is 12.8. The lowest BCUT2D eigenvalue weighted by molar-refractivity contribution is -0.128. The minimum Gasteiger partial charge on any atom is -0.504 e. The van der Waals surface area contributed by atoms with Crippen molar-refractivity contribution >= 4 is 11.9 Å². The Kier molecular flexibility index (Phi) is 4.54. The molecule has 0 bridgehead atoms. The normalized spacial score (nSPS) is 20.0. The van der Waals surface area contributed by atoms with Crippen LogP contribution in [0.2, 0.25) is 0 Å². The van der Waals surface area contributed by atoms with Gasteiger partial charge in [0.15, 0.2) is 28.5 Å². The molecule has 1 saturated heterocycles. The molecule has 9 nitrogen and oxygen atoms in total. The number of hydrogen-bond acceptors (Lipinski definition) is 7. The van der Waals surface area contributed by atoms with Gasteiger partial charge in [-0.25, -0.2) is 4.79 Å². The lowest BCUT2D eigenvalue weighted by Gasteiger charge is -2.32. The van der Waals surface area contributed by atoms with Crippen molar-refractivity contribution in [1.29, 1.82) is 0 Å². The van der Waals surface area contributed by atoms with Crippen LogP contribution in [-0.2, 0) is 10.3 Å². The molecule has 0 aliphatic carbocycles. The molecular weight excluding hydrogens is 356 g/mol. The molecule has 142 valence electrons. The summed E-state index contributed by atoms with van der Waals surface area (Å²) in [6.07, 6.45) is -1.53. The minimum absolute atomic E-state index is 0.0660. The maximum atomic E-state index is 12.7. The summed E-state index contributed by atoms with van der Waals surface area (Å²) in [5.74, 6) is -0.929. The number of urea groups is 1. The summed E-state index contributed by atoms with van der Waals surface area (Å²) < 4.78 is 10.1. The van der Waals surface area contributed by atoms with Crippen molar-refractivity contribution in [3.63, 3.8) is 0 Å². The van der Waals surface area contributed by atoms with Gasteiger partial charge < -0.3 is 30.1 Å². The molecule has 27 heavy (non-hydrogen) atoms. The summed E-state index contributed by atoms with van der Waals surface area (Å²) in [7, 11) is 2.68. The first-order valence-corrected chi connectivity index (χ1v) is 7.89. The summed E-state index contributed by atoms with van der Waals surface area (Å²) in [5.41, 5.74) is -1.46. The van der Waals surface area contributed by atoms with Crippen LogP contribution >= 0.6 is 0 Å². The number of imide groups is 1. The van der Waals surface area contributed by atoms with E-state index in [0.717, 1.165) is 0 Å². The smallest absolute Gasteiger partial charge is 0.322 e. The molecule has 2 unspecified atom stereocenters. The Morgan fingerprint density at radius 3 is 2.11 bits per heavy atom. The summed E-state index contributed by atoms with van der Waals surface area (Å²) in [6, 6.07) is 7.31. The Labute approximate surface area is 154 Å². The molecule has 1 fully saturated rings. The quantitative estimate of drug-likeness (QED) is 0.490. The lowest BCUT2D eigenvalue weighted by Crippen LogP contribution is -2.49. The third-order valence-electron chi connectivity index (χ3n) is 4.46. The molecule has 0 aromatic heterocycles. The fraction of sp³-hybridized carbons (Fsp3) is 0.222. The molecule has 3 amide bonds. The number of rotatable bonds is 5. The molecule has 5 N–H and O–H groups in total. The maximum absolute atomic E-state index is 12.7. The van der Waals surface area contributed by atoms with Crippen LogP contribution in [0.3, 0.4) is 0 Å². The van der Waals surface area contributed by atoms with Crippen molar-refractivity contribution in [3.05, 3.63) is 47.5 Å². The average Bonchev–Trinajstić information content (AvgIpc) is 2.96. The maximum Gasteiger partial charge on any atom is 0.322 e. The van der Waals surface area contributed by atoms with Gasteiger partial charge >= 0.3 is 6.03 Å². The van der Waals surface area contributed by atoms with Crippen molar-refractivity contribution in [2.75, 3.05) is 14.2 Å². The van der Waals surface area contributed by atoms with Gasteiger partial charge in [0.2, 0.25) is 0 Å². The number of ether oxygens (including phenoxy) is 2. The number of carbonyl (C=O) groups is 2. The number of methoxy groups -OCH3 is 2. The molecule has 0 saturated carbocycles. The van der Waals surface area contributed by atoms with Crippen LogP contribution < -0.4 is 20.1 Å². The number of amides is 3. The monoisotopic (exact) mass is 374 g/mol. The van der Waals surface area contributed by atoms with Crippen molar-refractivity contribution in [3.8, 4) is 23.0 Å². The highest BCUT2D eigenvalue weighted by molar-refractivity contribution is 6.08. The number of phenols is 2. The molecule has 1 aliphatic rings. The Morgan fingerprint density at radius 2 is 1.56 bits per heavy atom. The van der Waals surface area contributed by atoms with E-state index in [1.807, 2.05) is 0 Å². The van der Waals surface area contributed by atoms with E-state index >= 15 is 0 Å². The van der Waals surface area contributed by atoms with Crippen molar-refractivity contribution in [2.45, 2.75) is 11.6 Å². The molecule has 1 aliphatic heterocycles. The van der Waals surface area contributed by atoms with E-state index in [4.69, 9.17) is 9.47 Å². The molecule has 2 aromatic rings. The van der Waals surface area contributed by atoms with Crippen LogP contribution in [0.1, 0.15) is 17.2 Å². The van der Waals surface area contributed by atoms with Gasteiger partial charge in [-0.1, -0.05) is 12.1 Å². The highest BCUT2D eigenvalue weighted by atomic mass is 16.5. The predicted molar refractivity (Wildman–Crippen MR) is 92.6 cm³/mol. The number of aliphatic hydroxyl groups excluding tert-OH is 1. The molecule has 9 heteroatoms. The lowest BCUT2D eigenvalue weighted by atomic mass is 9.81. The van der Waals surface area contributed by atoms with Gasteiger partial charge in [-0.3, -0.25) is 10.1 Å². The van der Waals surface area contributed by atoms with E-state index in [-0.39, 0.29) is 34.1 Å². The summed E-state index contributed by atoms with van der Waals surface area (Å²) >= 11 is 0. The van der Waals surface area contributed by atoms with Gasteiger partial charge in [-0.05, 0) is 35.4 Å². The fourth-order valence-corrected chi connectivity index (χ4v) is 3.06. The van der Waals surface area contributed by atoms with Gasteiger partial charge in [-0.15, -0.1) is 0 Å². The van der Waals surface area contributed by atoms with E-state index in [1.54, 1.807) is 0 Å². The van der Waals surface area contributed by atoms with Crippen LogP contribution in [0.25, 0.3) is 0 Å². The van der Waals surface area contributed by atoms with Crippen LogP contribution in [-0.4, -0.2) is 41.5 Å². The van der Waals surface area contributed by atoms with E-state index in [9.17, 15) is 24.9 Å². The molecule has 2 atom stereocenters. The van der Waals surface area contributed by atoms with Crippen LogP contribution in [0.15, 0.2) is 36.4 Å². The fourth-order valence-electron chi connectivity index (χ4n) is 3.06. The molecule has 0 radical (unpaired) electrons. The SMILES string of the molecule is COc1cc(C(O)C2(c3ccc(O)c(OC)c3)NC(=O)NC2=O)ccc1O. The van der Waals surface area contributed by atoms with Gasteiger partial charge in [-0.2, -0.15) is 0 Å². The highest BCUT2D eigenvalue weighted by Gasteiger charge is 2.54. The summed E-state index contributed by atoms with van der Waals surface area (Å²) in [6.45, 7) is 0. The number of phenolic OH excluding ortho intramolecular Hbond substituents is 2. The van der Waals surface area contributed by atoms with Crippen molar-refractivity contribution < 1.29 is 34.4 Å². The van der Waals surface area contributed by atoms with Crippen LogP contribution in [0, 0.1) is 0 Å². The number of hydrogen-bond donors (Lipinski definition) is 5. The number of aliphatic hydroxyl groups is 1. The van der Waals surface area contributed by atoms with Gasteiger partial charge in [0.25, 0.3) is 5.91 Å². The Bertz CT molecular complexity index is 915. The number of carbonyl (C=O) groups excluding carboxylic acids is 2. The summed E-state index contributed by atoms with van der Waals surface area (Å²) in [5, 5.41) is 35.2. The van der Waals surface area contributed by atoms with Gasteiger partial charge in [0.1, 0.15) is 6.10 Å². The zero-order valence-corrected chi connectivity index (χ0v) is 14.5. The molecule has 2 aromatic carbocycles. The zero-order valence-electron chi connectivity index (χ0n) is 14.5. The topological polar surface area (TPSA) is 137 Å². The predicted octanol–water partition coefficient (Wildman–Crippen LogP) is 0.883. The molecule has 1 heterocycles. The van der Waals surface area contributed by atoms with Crippen LogP contribution in [0.5, 0.6) is 23.0 Å². The number of nitrogens with one attached hydrogen (secondary N) is 2. The molecule has 3 rings (SSSR count). The minimum atomic E-state index is -1.87. The second kappa shape index (κ2) is 6.69. The Balaban J connectivity index is 2.17. The van der Waals surface area contributed by atoms with Crippen molar-refractivity contribution in [1.82, 2.24) is 10.6 Å². The number of aromatic hydroxyl groups is 2. The largest absolute Gasteiger partial charge is 0.504 e. The standard InChI is InChI=1S/C18H18N2O7/c1-26-13-7-9(3-5-11(13)21)15(23)18(16(24)19-17(25)20-18)10-4-6-12(22)14(8-10)27-2/h3-8,15,21-23H,1-2H3,(H2,19,20,24,25). The summed E-state index contributed by atoms with van der Waals surface area (Å²) in [4.78, 5) is 24.6. The number of benzene rings is 2. The average molecular weight is 374 g/mol. The third kappa shape index (κ3) is 2.87. The van der Waals surface area contributed by atoms with E-state index in [1.165, 1.54) is 50.6 Å². The Morgan fingerprint density at radius 1 is 0.963 bits per heavy atom. The van der Waals surface area contributed by atoms with Crippen LogP contribution in [0.4, 0.5) is 4.79 Å². The van der Waals surface area contributed by atoms with E-state index < -0.39 is 23.6 Å². The second-order valence-corrected chi connectivity index (χ2v) is 5.94. The van der Waals surface area contributed by atoms with E-state index in [0.29, 0.717) is 0 Å². The van der Waals surface area contributed by atoms with Gasteiger partial charge in [0.05, 0.1) is 14.2 Å². The van der Waals surface area contributed by atoms with Gasteiger partial charge in [0, 0.05) is 0 Å². The first-order valence-electron chi connectivity index (χ1n) is 7.89. The highest BCUT2D eigenvalue weighted by Crippen LogP contribution is 2.42. The van der Waals surface area contributed by atoms with E-state index in [2.05, 4.69) is 10.6 Å². The zero-order chi connectivity index (χ0) is 19.8. The molecule has 0 spiro atoms. The van der Waals surface area contributed by atoms with Crippen molar-refractivity contribution in [2.24, 2.45) is 0 Å². The first kappa shape index (κ1) is 18.3. The molecular formula is C18H18N2O7. The Hall–Kier alpha value is -3.46.